The van der Waals surface area contributed by atoms with Gasteiger partial charge in [0.1, 0.15) is 22.7 Å². The standard InChI is InChI=1S/C66H39N3O3/c67-40-41-37-50-47-24-15-30-56(64(47)72-65(50)57(38-41)68(43-18-3-1-4-19-43)45-34-35-49-61(39-45)71-60-36-33-42-17-7-8-22-46(42)62(49)60)69(44-20-5-2-6-21-44)55-29-16-28-54-63(55)48-23-9-10-25-51(48)66(54)52-26-11-13-31-58(52)70-59-32-14-12-27-53(59)66/h1-39H. The number of anilines is 6. The molecule has 15 rings (SSSR count). The van der Waals surface area contributed by atoms with Gasteiger partial charge in [-0.2, -0.15) is 5.26 Å². The van der Waals surface area contributed by atoms with Gasteiger partial charge in [-0.25, -0.2) is 0 Å². The highest BCUT2D eigenvalue weighted by atomic mass is 16.5. The van der Waals surface area contributed by atoms with Crippen molar-refractivity contribution in [3.8, 4) is 28.7 Å². The highest BCUT2D eigenvalue weighted by molar-refractivity contribution is 6.20. The van der Waals surface area contributed by atoms with Crippen LogP contribution >= 0.6 is 0 Å². The monoisotopic (exact) mass is 921 g/mol. The van der Waals surface area contributed by atoms with Crippen molar-refractivity contribution in [1.29, 1.82) is 5.26 Å². The molecule has 0 N–H and O–H groups in total. The Morgan fingerprint density at radius 1 is 0.389 bits per heavy atom. The first kappa shape index (κ1) is 40.1. The first-order chi connectivity index (χ1) is 35.7. The van der Waals surface area contributed by atoms with Gasteiger partial charge in [-0.05, 0) is 106 Å². The number of para-hydroxylation sites is 5. The number of ether oxygens (including phenoxy) is 1. The number of hydrogen-bond acceptors (Lipinski definition) is 6. The zero-order valence-corrected chi connectivity index (χ0v) is 38.6. The largest absolute Gasteiger partial charge is 0.457 e. The molecule has 0 saturated heterocycles. The molecule has 6 heteroatoms. The van der Waals surface area contributed by atoms with Crippen molar-refractivity contribution in [3.05, 3.63) is 264 Å². The van der Waals surface area contributed by atoms with E-state index in [0.29, 0.717) is 16.7 Å². The van der Waals surface area contributed by atoms with Gasteiger partial charge in [0, 0.05) is 55.7 Å². The van der Waals surface area contributed by atoms with E-state index >= 15 is 0 Å². The van der Waals surface area contributed by atoms with Crippen molar-refractivity contribution in [3.63, 3.8) is 0 Å². The van der Waals surface area contributed by atoms with Crippen LogP contribution < -0.4 is 14.5 Å². The van der Waals surface area contributed by atoms with Crippen LogP contribution in [0.1, 0.15) is 27.8 Å². The molecule has 1 aliphatic heterocycles. The highest BCUT2D eigenvalue weighted by Gasteiger charge is 2.52. The van der Waals surface area contributed by atoms with E-state index in [1.54, 1.807) is 0 Å². The summed E-state index contributed by atoms with van der Waals surface area (Å²) < 4.78 is 20.7. The summed E-state index contributed by atoms with van der Waals surface area (Å²) in [4.78, 5) is 4.52. The van der Waals surface area contributed by atoms with Crippen molar-refractivity contribution in [2.75, 3.05) is 9.80 Å². The minimum Gasteiger partial charge on any atom is -0.457 e. The third-order valence-electron chi connectivity index (χ3n) is 14.9. The fourth-order valence-electron chi connectivity index (χ4n) is 12.0. The van der Waals surface area contributed by atoms with Crippen molar-refractivity contribution < 1.29 is 13.6 Å². The van der Waals surface area contributed by atoms with E-state index in [1.807, 2.05) is 30.3 Å². The zero-order chi connectivity index (χ0) is 47.5. The highest BCUT2D eigenvalue weighted by Crippen LogP contribution is 2.64. The Morgan fingerprint density at radius 2 is 1.01 bits per heavy atom. The second-order valence-corrected chi connectivity index (χ2v) is 18.6. The molecule has 11 aromatic carbocycles. The predicted octanol–water partition coefficient (Wildman–Crippen LogP) is 17.9. The van der Waals surface area contributed by atoms with E-state index in [0.717, 1.165) is 111 Å². The van der Waals surface area contributed by atoms with Crippen LogP contribution in [0, 0.1) is 11.3 Å². The lowest BCUT2D eigenvalue weighted by molar-refractivity contribution is 0.436. The summed E-state index contributed by atoms with van der Waals surface area (Å²) in [6, 6.07) is 85.0. The maximum atomic E-state index is 10.8. The van der Waals surface area contributed by atoms with Crippen LogP contribution in [0.3, 0.4) is 0 Å². The van der Waals surface area contributed by atoms with E-state index in [1.165, 1.54) is 11.1 Å². The molecule has 3 heterocycles. The topological polar surface area (TPSA) is 65.8 Å². The maximum Gasteiger partial charge on any atom is 0.159 e. The van der Waals surface area contributed by atoms with Crippen LogP contribution in [-0.4, -0.2) is 0 Å². The third kappa shape index (κ3) is 5.59. The average molecular weight is 922 g/mol. The molecule has 1 spiro atoms. The molecule has 0 bridgehead atoms. The minimum atomic E-state index is -0.649. The van der Waals surface area contributed by atoms with Crippen molar-refractivity contribution in [2.45, 2.75) is 5.41 Å². The molecule has 1 aliphatic carbocycles. The minimum absolute atomic E-state index is 0.516. The average Bonchev–Trinajstić information content (AvgIpc) is 4.11. The van der Waals surface area contributed by atoms with Gasteiger partial charge in [-0.3, -0.25) is 0 Å². The van der Waals surface area contributed by atoms with Crippen molar-refractivity contribution in [2.24, 2.45) is 0 Å². The number of hydrogen-bond donors (Lipinski definition) is 0. The van der Waals surface area contributed by atoms with Gasteiger partial charge >= 0.3 is 0 Å². The summed E-state index contributed by atoms with van der Waals surface area (Å²) in [6.07, 6.45) is 0. The molecule has 0 radical (unpaired) electrons. The first-order valence-corrected chi connectivity index (χ1v) is 24.2. The van der Waals surface area contributed by atoms with Crippen LogP contribution in [-0.2, 0) is 5.41 Å². The van der Waals surface area contributed by atoms with Gasteiger partial charge in [0.25, 0.3) is 0 Å². The van der Waals surface area contributed by atoms with Crippen LogP contribution in [0.25, 0.3) is 65.8 Å². The van der Waals surface area contributed by atoms with Gasteiger partial charge in [-0.15, -0.1) is 0 Å². The quantitative estimate of drug-likeness (QED) is 0.166. The summed E-state index contributed by atoms with van der Waals surface area (Å²) in [7, 11) is 0. The van der Waals surface area contributed by atoms with Crippen LogP contribution in [0.4, 0.5) is 34.1 Å². The lowest BCUT2D eigenvalue weighted by Gasteiger charge is -2.39. The Bertz CT molecular complexity index is 4370. The molecule has 72 heavy (non-hydrogen) atoms. The number of fused-ring (bicyclic) bond motifs is 17. The van der Waals surface area contributed by atoms with Crippen LogP contribution in [0.2, 0.25) is 0 Å². The Hall–Kier alpha value is -9.83. The summed E-state index contributed by atoms with van der Waals surface area (Å²) >= 11 is 0. The molecule has 13 aromatic rings. The lowest BCUT2D eigenvalue weighted by atomic mass is 9.66. The molecule has 2 aromatic heterocycles. The SMILES string of the molecule is N#Cc1cc(N(c2ccccc2)c2ccc3c(c2)oc2ccc4ccccc4c23)c2oc3c(N(c4ccccc4)c4cccc5c4-c4ccccc4C54c5ccccc5Oc5ccccc54)cccc3c2c1. The van der Waals surface area contributed by atoms with Crippen LogP contribution in [0.5, 0.6) is 11.5 Å². The molecule has 0 saturated carbocycles. The fourth-order valence-corrected chi connectivity index (χ4v) is 12.0. The van der Waals surface area contributed by atoms with E-state index in [-0.39, 0.29) is 0 Å². The fraction of sp³-hybridized carbons (Fsp3) is 0.0152. The number of nitrogens with zero attached hydrogens (tertiary/aromatic N) is 3. The van der Waals surface area contributed by atoms with E-state index in [9.17, 15) is 5.26 Å². The smallest absolute Gasteiger partial charge is 0.159 e. The Balaban J connectivity index is 0.977. The number of rotatable bonds is 6. The molecule has 0 atom stereocenters. The lowest BCUT2D eigenvalue weighted by Crippen LogP contribution is -2.32. The van der Waals surface area contributed by atoms with E-state index < -0.39 is 5.41 Å². The van der Waals surface area contributed by atoms with Crippen molar-refractivity contribution >= 4 is 88.8 Å². The molecular weight excluding hydrogens is 883 g/mol. The molecule has 6 nitrogen and oxygen atoms in total. The van der Waals surface area contributed by atoms with Gasteiger partial charge in [-0.1, -0.05) is 152 Å². The Kier molecular flexibility index (Phi) is 8.54. The normalized spacial score (nSPS) is 12.9. The van der Waals surface area contributed by atoms with Gasteiger partial charge in [0.2, 0.25) is 0 Å². The molecule has 0 fully saturated rings. The van der Waals surface area contributed by atoms with Gasteiger partial charge in [0.05, 0.1) is 39.8 Å². The third-order valence-corrected chi connectivity index (χ3v) is 14.9. The summed E-state index contributed by atoms with van der Waals surface area (Å²) in [5, 5.41) is 16.9. The van der Waals surface area contributed by atoms with Crippen molar-refractivity contribution in [1.82, 2.24) is 0 Å². The summed E-state index contributed by atoms with van der Waals surface area (Å²) in [5.41, 5.74) is 15.0. The Morgan fingerprint density at radius 3 is 1.79 bits per heavy atom. The number of furan rings is 2. The summed E-state index contributed by atoms with van der Waals surface area (Å²) in [6.45, 7) is 0. The van der Waals surface area contributed by atoms with Gasteiger partial charge in [0.15, 0.2) is 11.2 Å². The second kappa shape index (κ2) is 15.3. The molecular formula is C66H39N3O3. The van der Waals surface area contributed by atoms with E-state index in [4.69, 9.17) is 13.6 Å². The Labute approximate surface area is 414 Å². The van der Waals surface area contributed by atoms with Gasteiger partial charge < -0.3 is 23.4 Å². The predicted molar refractivity (Wildman–Crippen MR) is 290 cm³/mol. The van der Waals surface area contributed by atoms with Crippen LogP contribution in [0.15, 0.2) is 245 Å². The van der Waals surface area contributed by atoms with E-state index in [2.05, 4.69) is 222 Å². The summed E-state index contributed by atoms with van der Waals surface area (Å²) in [5.74, 6) is 1.69. The number of benzene rings is 11. The molecule has 0 unspecified atom stereocenters. The maximum absolute atomic E-state index is 10.8. The zero-order valence-electron chi connectivity index (χ0n) is 38.6. The second-order valence-electron chi connectivity index (χ2n) is 18.6. The molecule has 2 aliphatic rings. The number of nitriles is 1. The molecule has 0 amide bonds. The first-order valence-electron chi connectivity index (χ1n) is 24.2. The molecule has 336 valence electrons.